The standard InChI is InChI=1S/C26H20Cl2N4O3/c1-13-23(15(3)35-31-13)17-8-18-19(24-20(27)9-16(26(33)34)10-21(24)28)12-32(25(18)30-11-17)14(2)22-6-4-5-7-29-22/h4-12,14H,1-3H3,(H,33,34). The van der Waals surface area contributed by atoms with Gasteiger partial charge < -0.3 is 14.2 Å². The molecular formula is C26H20Cl2N4O3. The Morgan fingerprint density at radius 1 is 1.09 bits per heavy atom. The highest BCUT2D eigenvalue weighted by Crippen LogP contribution is 2.42. The first-order valence-electron chi connectivity index (χ1n) is 10.8. The van der Waals surface area contributed by atoms with Crippen LogP contribution in [0.1, 0.15) is 40.5 Å². The van der Waals surface area contributed by atoms with Crippen LogP contribution in [0.5, 0.6) is 0 Å². The average Bonchev–Trinajstić information content (AvgIpc) is 3.37. The molecule has 0 bridgehead atoms. The maximum absolute atomic E-state index is 11.5. The number of halogens is 2. The largest absolute Gasteiger partial charge is 0.478 e. The van der Waals surface area contributed by atoms with Crippen molar-refractivity contribution >= 4 is 40.2 Å². The molecule has 5 rings (SSSR count). The summed E-state index contributed by atoms with van der Waals surface area (Å²) in [6, 6.07) is 10.4. The third-order valence-corrected chi connectivity index (χ3v) is 6.68. The van der Waals surface area contributed by atoms with Gasteiger partial charge in [0.05, 0.1) is 33.0 Å². The SMILES string of the molecule is Cc1noc(C)c1-c1cnc2c(c1)c(-c1c(Cl)cc(C(=O)O)cc1Cl)cn2C(C)c1ccccn1. The lowest BCUT2D eigenvalue weighted by Crippen LogP contribution is -2.07. The maximum atomic E-state index is 11.5. The van der Waals surface area contributed by atoms with E-state index in [4.69, 9.17) is 32.7 Å². The Balaban J connectivity index is 1.79. The molecule has 0 saturated carbocycles. The summed E-state index contributed by atoms with van der Waals surface area (Å²) in [5.41, 5.74) is 5.33. The number of carbonyl (C=O) groups is 1. The van der Waals surface area contributed by atoms with Crippen LogP contribution >= 0.6 is 23.2 Å². The molecule has 0 fully saturated rings. The van der Waals surface area contributed by atoms with Crippen molar-refractivity contribution in [2.24, 2.45) is 0 Å². The van der Waals surface area contributed by atoms with Gasteiger partial charge in [0.25, 0.3) is 0 Å². The van der Waals surface area contributed by atoms with Crippen LogP contribution in [-0.4, -0.2) is 30.8 Å². The molecule has 1 N–H and O–H groups in total. The van der Waals surface area contributed by atoms with E-state index in [1.165, 1.54) is 12.1 Å². The van der Waals surface area contributed by atoms with Crippen molar-refractivity contribution < 1.29 is 14.4 Å². The molecule has 176 valence electrons. The van der Waals surface area contributed by atoms with Crippen LogP contribution in [0.3, 0.4) is 0 Å². The van der Waals surface area contributed by atoms with Crippen molar-refractivity contribution in [2.75, 3.05) is 0 Å². The minimum atomic E-state index is -1.10. The molecule has 1 unspecified atom stereocenters. The molecular weight excluding hydrogens is 487 g/mol. The quantitative estimate of drug-likeness (QED) is 0.276. The number of carboxylic acid groups (broad SMARTS) is 1. The zero-order valence-corrected chi connectivity index (χ0v) is 20.6. The second kappa shape index (κ2) is 8.83. The third kappa shape index (κ3) is 3.96. The minimum absolute atomic E-state index is 0.0175. The number of hydrogen-bond acceptors (Lipinski definition) is 5. The summed E-state index contributed by atoms with van der Waals surface area (Å²) < 4.78 is 7.38. The summed E-state index contributed by atoms with van der Waals surface area (Å²) in [6.45, 7) is 5.77. The first kappa shape index (κ1) is 23.1. The highest BCUT2D eigenvalue weighted by molar-refractivity contribution is 6.40. The topological polar surface area (TPSA) is 94.0 Å². The van der Waals surface area contributed by atoms with Crippen molar-refractivity contribution in [3.05, 3.63) is 87.7 Å². The molecule has 0 amide bonds. The lowest BCUT2D eigenvalue weighted by molar-refractivity contribution is 0.0697. The third-order valence-electron chi connectivity index (χ3n) is 6.08. The van der Waals surface area contributed by atoms with Crippen LogP contribution in [0.2, 0.25) is 10.0 Å². The Morgan fingerprint density at radius 2 is 1.83 bits per heavy atom. The Morgan fingerprint density at radius 3 is 2.43 bits per heavy atom. The molecule has 5 aromatic rings. The summed E-state index contributed by atoms with van der Waals surface area (Å²) >= 11 is 13.2. The summed E-state index contributed by atoms with van der Waals surface area (Å²) in [7, 11) is 0. The number of aryl methyl sites for hydroxylation is 2. The van der Waals surface area contributed by atoms with Gasteiger partial charge in [-0.15, -0.1) is 0 Å². The van der Waals surface area contributed by atoms with E-state index in [-0.39, 0.29) is 21.7 Å². The first-order chi connectivity index (χ1) is 16.8. The van der Waals surface area contributed by atoms with Crippen molar-refractivity contribution in [1.82, 2.24) is 19.7 Å². The number of rotatable bonds is 5. The molecule has 1 atom stereocenters. The highest BCUT2D eigenvalue weighted by Gasteiger charge is 2.23. The highest BCUT2D eigenvalue weighted by atomic mass is 35.5. The summed E-state index contributed by atoms with van der Waals surface area (Å²) in [5.74, 6) is -0.415. The lowest BCUT2D eigenvalue weighted by atomic mass is 10.0. The second-order valence-electron chi connectivity index (χ2n) is 8.29. The molecule has 0 saturated heterocycles. The predicted octanol–water partition coefficient (Wildman–Crippen LogP) is 6.98. The van der Waals surface area contributed by atoms with E-state index in [1.807, 2.05) is 55.8 Å². The van der Waals surface area contributed by atoms with Gasteiger partial charge in [-0.1, -0.05) is 34.4 Å². The molecule has 4 aromatic heterocycles. The molecule has 0 radical (unpaired) electrons. The van der Waals surface area contributed by atoms with Gasteiger partial charge in [0.2, 0.25) is 0 Å². The summed E-state index contributed by atoms with van der Waals surface area (Å²) in [5, 5.41) is 14.8. The molecule has 1 aromatic carbocycles. The van der Waals surface area contributed by atoms with Crippen LogP contribution in [0.15, 0.2) is 59.5 Å². The van der Waals surface area contributed by atoms with Gasteiger partial charge in [-0.3, -0.25) is 4.98 Å². The van der Waals surface area contributed by atoms with Crippen molar-refractivity contribution in [1.29, 1.82) is 0 Å². The molecule has 0 spiro atoms. The fraction of sp³-hybridized carbons (Fsp3) is 0.154. The Hall–Kier alpha value is -3.68. The van der Waals surface area contributed by atoms with Gasteiger partial charge in [-0.05, 0) is 51.1 Å². The molecule has 0 aliphatic heterocycles. The van der Waals surface area contributed by atoms with Crippen molar-refractivity contribution in [2.45, 2.75) is 26.8 Å². The number of fused-ring (bicyclic) bond motifs is 1. The number of carboxylic acids is 1. The number of hydrogen-bond donors (Lipinski definition) is 1. The fourth-order valence-corrected chi connectivity index (χ4v) is 5.07. The van der Waals surface area contributed by atoms with Gasteiger partial charge in [0.1, 0.15) is 11.4 Å². The van der Waals surface area contributed by atoms with Gasteiger partial charge >= 0.3 is 5.97 Å². The van der Waals surface area contributed by atoms with Crippen molar-refractivity contribution in [3.8, 4) is 22.3 Å². The van der Waals surface area contributed by atoms with Crippen LogP contribution < -0.4 is 0 Å². The summed E-state index contributed by atoms with van der Waals surface area (Å²) in [6.07, 6.45) is 5.47. The number of aromatic nitrogens is 4. The number of nitrogens with zero attached hydrogens (tertiary/aromatic N) is 4. The zero-order chi connectivity index (χ0) is 24.9. The van der Waals surface area contributed by atoms with Crippen LogP contribution in [0.4, 0.5) is 0 Å². The van der Waals surface area contributed by atoms with Gasteiger partial charge in [-0.2, -0.15) is 0 Å². The Kier molecular flexibility index (Phi) is 5.83. The van der Waals surface area contributed by atoms with E-state index in [1.54, 1.807) is 12.4 Å². The number of benzene rings is 1. The van der Waals surface area contributed by atoms with Crippen LogP contribution in [-0.2, 0) is 0 Å². The molecule has 9 heteroatoms. The fourth-order valence-electron chi connectivity index (χ4n) is 4.38. The van der Waals surface area contributed by atoms with Gasteiger partial charge in [0, 0.05) is 46.2 Å². The van der Waals surface area contributed by atoms with Gasteiger partial charge in [-0.25, -0.2) is 9.78 Å². The monoisotopic (exact) mass is 506 g/mol. The van der Waals surface area contributed by atoms with E-state index >= 15 is 0 Å². The Bertz CT molecular complexity index is 1550. The van der Waals surface area contributed by atoms with E-state index in [0.29, 0.717) is 17.0 Å². The summed E-state index contributed by atoms with van der Waals surface area (Å²) in [4.78, 5) is 20.8. The maximum Gasteiger partial charge on any atom is 0.335 e. The Labute approximate surface area is 210 Å². The van der Waals surface area contributed by atoms with Gasteiger partial charge in [0.15, 0.2) is 0 Å². The van der Waals surface area contributed by atoms with Crippen molar-refractivity contribution in [3.63, 3.8) is 0 Å². The van der Waals surface area contributed by atoms with E-state index < -0.39 is 5.97 Å². The molecule has 0 aliphatic carbocycles. The second-order valence-corrected chi connectivity index (χ2v) is 9.11. The molecule has 7 nitrogen and oxygen atoms in total. The molecule has 35 heavy (non-hydrogen) atoms. The lowest BCUT2D eigenvalue weighted by Gasteiger charge is -2.14. The number of pyridine rings is 2. The van der Waals surface area contributed by atoms with E-state index in [2.05, 4.69) is 10.1 Å². The smallest absolute Gasteiger partial charge is 0.335 e. The van der Waals surface area contributed by atoms with E-state index in [9.17, 15) is 9.90 Å². The molecule has 0 aliphatic rings. The predicted molar refractivity (Wildman–Crippen MR) is 135 cm³/mol. The minimum Gasteiger partial charge on any atom is -0.478 e. The first-order valence-corrected chi connectivity index (χ1v) is 11.6. The van der Waals surface area contributed by atoms with Crippen LogP contribution in [0.25, 0.3) is 33.3 Å². The van der Waals surface area contributed by atoms with E-state index in [0.717, 1.165) is 33.5 Å². The molecule has 4 heterocycles. The van der Waals surface area contributed by atoms with Crippen LogP contribution in [0, 0.1) is 13.8 Å². The zero-order valence-electron chi connectivity index (χ0n) is 19.1. The average molecular weight is 507 g/mol. The normalized spacial score (nSPS) is 12.3. The number of aromatic carboxylic acids is 1.